The number of hydrogen-bond acceptors (Lipinski definition) is 4. The molecule has 6 heteroatoms. The molecule has 2 amide bonds. The van der Waals surface area contributed by atoms with Crippen LogP contribution in [0.15, 0.2) is 24.3 Å². The van der Waals surface area contributed by atoms with Crippen molar-refractivity contribution in [2.45, 2.75) is 51.1 Å². The maximum absolute atomic E-state index is 12.5. The van der Waals surface area contributed by atoms with Gasteiger partial charge in [-0.15, -0.1) is 0 Å². The maximum atomic E-state index is 12.5. The summed E-state index contributed by atoms with van der Waals surface area (Å²) in [5.74, 6) is 0.757. The normalized spacial score (nSPS) is 21.5. The third-order valence-electron chi connectivity index (χ3n) is 4.89. The van der Waals surface area contributed by atoms with Gasteiger partial charge in [-0.05, 0) is 51.2 Å². The van der Waals surface area contributed by atoms with E-state index in [9.17, 15) is 9.59 Å². The van der Waals surface area contributed by atoms with Crippen LogP contribution in [0.4, 0.5) is 5.69 Å². The van der Waals surface area contributed by atoms with E-state index in [1.54, 1.807) is 12.1 Å². The Hall–Kier alpha value is -2.08. The van der Waals surface area contributed by atoms with Crippen molar-refractivity contribution in [2.75, 3.05) is 18.5 Å². The molecule has 136 valence electrons. The highest BCUT2D eigenvalue weighted by Crippen LogP contribution is 2.30. The average Bonchev–Trinajstić information content (AvgIpc) is 3.45. The molecule has 25 heavy (non-hydrogen) atoms. The molecule has 2 fully saturated rings. The van der Waals surface area contributed by atoms with Gasteiger partial charge in [0.25, 0.3) is 5.91 Å². The second-order valence-corrected chi connectivity index (χ2v) is 7.09. The number of carbonyl (C=O) groups is 2. The Labute approximate surface area is 148 Å². The van der Waals surface area contributed by atoms with Crippen LogP contribution >= 0.6 is 0 Å². The largest absolute Gasteiger partial charge is 0.484 e. The summed E-state index contributed by atoms with van der Waals surface area (Å²) in [7, 11) is 0. The lowest BCUT2D eigenvalue weighted by Gasteiger charge is -2.38. The number of piperidine rings is 1. The molecule has 0 spiro atoms. The number of benzene rings is 1. The molecule has 1 aliphatic carbocycles. The Morgan fingerprint density at radius 2 is 2.12 bits per heavy atom. The average molecular weight is 345 g/mol. The van der Waals surface area contributed by atoms with E-state index >= 15 is 0 Å². The third kappa shape index (κ3) is 4.72. The Morgan fingerprint density at radius 1 is 1.32 bits per heavy atom. The first-order chi connectivity index (χ1) is 12.0. The van der Waals surface area contributed by atoms with Gasteiger partial charge in [0.15, 0.2) is 6.61 Å². The number of rotatable bonds is 6. The van der Waals surface area contributed by atoms with Gasteiger partial charge >= 0.3 is 0 Å². The van der Waals surface area contributed by atoms with Crippen LogP contribution in [-0.2, 0) is 9.59 Å². The fourth-order valence-electron chi connectivity index (χ4n) is 3.30. The van der Waals surface area contributed by atoms with Crippen LogP contribution in [0.1, 0.15) is 39.0 Å². The van der Waals surface area contributed by atoms with E-state index in [1.165, 1.54) is 0 Å². The predicted molar refractivity (Wildman–Crippen MR) is 96.3 cm³/mol. The zero-order valence-electron chi connectivity index (χ0n) is 14.7. The molecular formula is C19H27N3O3. The fraction of sp³-hybridized carbons (Fsp3) is 0.579. The highest BCUT2D eigenvalue weighted by Gasteiger charge is 2.30. The smallest absolute Gasteiger partial charge is 0.260 e. The highest BCUT2D eigenvalue weighted by molar-refractivity contribution is 5.94. The lowest BCUT2D eigenvalue weighted by Crippen LogP contribution is -2.52. The molecule has 2 aliphatic rings. The van der Waals surface area contributed by atoms with E-state index < -0.39 is 0 Å². The zero-order valence-corrected chi connectivity index (χ0v) is 14.7. The van der Waals surface area contributed by atoms with E-state index in [0.717, 1.165) is 38.6 Å². The standard InChI is InChI=1S/C19H27N3O3/c1-13(20)17-7-2-3-10-22(17)18(23)12-25-16-6-4-5-15(11-16)21-19(24)14-8-9-14/h4-6,11,13-14,17H,2-3,7-10,12,20H2,1H3,(H,21,24). The minimum absolute atomic E-state index is 0.0107. The Balaban J connectivity index is 1.55. The van der Waals surface area contributed by atoms with Crippen molar-refractivity contribution >= 4 is 17.5 Å². The third-order valence-corrected chi connectivity index (χ3v) is 4.89. The molecule has 1 heterocycles. The molecule has 1 saturated heterocycles. The van der Waals surface area contributed by atoms with Gasteiger partial charge < -0.3 is 20.7 Å². The van der Waals surface area contributed by atoms with Gasteiger partial charge in [0, 0.05) is 36.3 Å². The van der Waals surface area contributed by atoms with Crippen molar-refractivity contribution < 1.29 is 14.3 Å². The van der Waals surface area contributed by atoms with Gasteiger partial charge in [0.05, 0.1) is 0 Å². The van der Waals surface area contributed by atoms with Gasteiger partial charge in [-0.25, -0.2) is 0 Å². The lowest BCUT2D eigenvalue weighted by atomic mass is 9.97. The van der Waals surface area contributed by atoms with Crippen molar-refractivity contribution in [2.24, 2.45) is 11.7 Å². The molecule has 1 aliphatic heterocycles. The van der Waals surface area contributed by atoms with Crippen LogP contribution in [-0.4, -0.2) is 41.9 Å². The van der Waals surface area contributed by atoms with Crippen molar-refractivity contribution in [3.63, 3.8) is 0 Å². The van der Waals surface area contributed by atoms with Gasteiger partial charge in [0.2, 0.25) is 5.91 Å². The number of nitrogens with zero attached hydrogens (tertiary/aromatic N) is 1. The number of nitrogens with one attached hydrogen (secondary N) is 1. The second kappa shape index (κ2) is 7.87. The number of carbonyl (C=O) groups excluding carboxylic acids is 2. The van der Waals surface area contributed by atoms with Crippen molar-refractivity contribution in [1.82, 2.24) is 4.90 Å². The van der Waals surface area contributed by atoms with E-state index in [2.05, 4.69) is 5.32 Å². The topological polar surface area (TPSA) is 84.7 Å². The predicted octanol–water partition coefficient (Wildman–Crippen LogP) is 2.14. The van der Waals surface area contributed by atoms with Crippen LogP contribution in [0.3, 0.4) is 0 Å². The van der Waals surface area contributed by atoms with E-state index in [1.807, 2.05) is 24.0 Å². The minimum Gasteiger partial charge on any atom is -0.484 e. The monoisotopic (exact) mass is 345 g/mol. The molecule has 3 rings (SSSR count). The van der Waals surface area contributed by atoms with Crippen molar-refractivity contribution in [1.29, 1.82) is 0 Å². The first-order valence-corrected chi connectivity index (χ1v) is 9.13. The summed E-state index contributed by atoms with van der Waals surface area (Å²) in [5.41, 5.74) is 6.73. The van der Waals surface area contributed by atoms with Crippen LogP contribution in [0.5, 0.6) is 5.75 Å². The number of anilines is 1. The molecule has 2 atom stereocenters. The zero-order chi connectivity index (χ0) is 17.8. The summed E-state index contributed by atoms with van der Waals surface area (Å²) in [5, 5.41) is 2.89. The summed E-state index contributed by atoms with van der Waals surface area (Å²) in [6.07, 6.45) is 5.00. The van der Waals surface area contributed by atoms with Gasteiger partial charge in [-0.3, -0.25) is 9.59 Å². The van der Waals surface area contributed by atoms with E-state index in [-0.39, 0.29) is 36.4 Å². The Morgan fingerprint density at radius 3 is 2.84 bits per heavy atom. The second-order valence-electron chi connectivity index (χ2n) is 7.09. The Kier molecular flexibility index (Phi) is 5.58. The van der Waals surface area contributed by atoms with Gasteiger partial charge in [-0.2, -0.15) is 0 Å². The molecule has 0 aromatic heterocycles. The van der Waals surface area contributed by atoms with Crippen LogP contribution < -0.4 is 15.8 Å². The van der Waals surface area contributed by atoms with Gasteiger partial charge in [0.1, 0.15) is 5.75 Å². The summed E-state index contributed by atoms with van der Waals surface area (Å²) < 4.78 is 5.66. The molecule has 1 saturated carbocycles. The van der Waals surface area contributed by atoms with Crippen LogP contribution in [0.2, 0.25) is 0 Å². The lowest BCUT2D eigenvalue weighted by molar-refractivity contribution is -0.137. The molecule has 3 N–H and O–H groups in total. The minimum atomic E-state index is -0.0368. The first-order valence-electron chi connectivity index (χ1n) is 9.13. The number of likely N-dealkylation sites (tertiary alicyclic amines) is 1. The Bertz CT molecular complexity index is 628. The molecule has 2 unspecified atom stereocenters. The SMILES string of the molecule is CC(N)C1CCCCN1C(=O)COc1cccc(NC(=O)C2CC2)c1. The number of nitrogens with two attached hydrogens (primary N) is 1. The summed E-state index contributed by atoms with van der Waals surface area (Å²) in [6, 6.07) is 7.24. The van der Waals surface area contributed by atoms with Crippen molar-refractivity contribution in [3.8, 4) is 5.75 Å². The number of ether oxygens (including phenoxy) is 1. The quantitative estimate of drug-likeness (QED) is 0.827. The molecule has 1 aromatic carbocycles. The van der Waals surface area contributed by atoms with E-state index in [4.69, 9.17) is 10.5 Å². The maximum Gasteiger partial charge on any atom is 0.260 e. The van der Waals surface area contributed by atoms with Crippen LogP contribution in [0, 0.1) is 5.92 Å². The summed E-state index contributed by atoms with van der Waals surface area (Å²) in [4.78, 5) is 26.2. The van der Waals surface area contributed by atoms with E-state index in [0.29, 0.717) is 11.4 Å². The molecular weight excluding hydrogens is 318 g/mol. The molecule has 6 nitrogen and oxygen atoms in total. The fourth-order valence-corrected chi connectivity index (χ4v) is 3.30. The van der Waals surface area contributed by atoms with Crippen LogP contribution in [0.25, 0.3) is 0 Å². The number of amides is 2. The van der Waals surface area contributed by atoms with Crippen molar-refractivity contribution in [3.05, 3.63) is 24.3 Å². The highest BCUT2D eigenvalue weighted by atomic mass is 16.5. The number of hydrogen-bond donors (Lipinski definition) is 2. The summed E-state index contributed by atoms with van der Waals surface area (Å²) in [6.45, 7) is 2.68. The first kappa shape index (κ1) is 17.7. The van der Waals surface area contributed by atoms with Gasteiger partial charge in [-0.1, -0.05) is 6.07 Å². The summed E-state index contributed by atoms with van der Waals surface area (Å²) >= 11 is 0. The molecule has 1 aromatic rings. The molecule has 0 radical (unpaired) electrons. The molecule has 0 bridgehead atoms.